The summed E-state index contributed by atoms with van der Waals surface area (Å²) in [5, 5.41) is 8.24. The highest BCUT2D eigenvalue weighted by molar-refractivity contribution is 7.99. The van der Waals surface area contributed by atoms with Crippen LogP contribution >= 0.6 is 11.8 Å². The molecule has 2 aromatic heterocycles. The Morgan fingerprint density at radius 2 is 1.85 bits per heavy atom. The lowest BCUT2D eigenvalue weighted by Crippen LogP contribution is -2.49. The lowest BCUT2D eigenvalue weighted by atomic mass is 10.2. The lowest BCUT2D eigenvalue weighted by molar-refractivity contribution is -0.124. The summed E-state index contributed by atoms with van der Waals surface area (Å²) in [5.74, 6) is -0.115. The average Bonchev–Trinajstić information content (AvgIpc) is 3.35. The zero-order valence-corrected chi connectivity index (χ0v) is 22.7. The predicted octanol–water partition coefficient (Wildman–Crippen LogP) is 5.54. The number of hydrogen-bond acceptors (Lipinski definition) is 8. The largest absolute Gasteiger partial charge is 0.448 e. The summed E-state index contributed by atoms with van der Waals surface area (Å²) in [7, 11) is 0. The van der Waals surface area contributed by atoms with Crippen LogP contribution < -0.4 is 10.7 Å². The molecule has 2 amide bonds. The van der Waals surface area contributed by atoms with E-state index >= 15 is 0 Å². The van der Waals surface area contributed by atoms with Gasteiger partial charge in [0.2, 0.25) is 0 Å². The SMILES string of the molecule is CC(C)(C)OC(=O)N[C@@H](COCc1ccccc1)C(=O)N/N=C\c1ccc(Sc2cccc3cccnc23)o1. The van der Waals surface area contributed by atoms with Gasteiger partial charge in [0.05, 0.1) is 24.9 Å². The number of fused-ring (bicyclic) bond motifs is 1. The molecule has 0 unspecified atom stereocenters. The molecule has 9 nitrogen and oxygen atoms in total. The highest BCUT2D eigenvalue weighted by Gasteiger charge is 2.24. The van der Waals surface area contributed by atoms with Gasteiger partial charge in [-0.2, -0.15) is 5.10 Å². The van der Waals surface area contributed by atoms with Crippen LogP contribution in [0.2, 0.25) is 0 Å². The van der Waals surface area contributed by atoms with Gasteiger partial charge in [-0.25, -0.2) is 10.2 Å². The predicted molar refractivity (Wildman–Crippen MR) is 150 cm³/mol. The lowest BCUT2D eigenvalue weighted by Gasteiger charge is -2.22. The van der Waals surface area contributed by atoms with Crippen molar-refractivity contribution < 1.29 is 23.5 Å². The number of benzene rings is 2. The number of hydrazone groups is 1. The van der Waals surface area contributed by atoms with Gasteiger partial charge in [-0.15, -0.1) is 0 Å². The van der Waals surface area contributed by atoms with E-state index in [1.807, 2.05) is 66.7 Å². The molecule has 0 saturated heterocycles. The van der Waals surface area contributed by atoms with Crippen LogP contribution in [0.4, 0.5) is 4.79 Å². The fraction of sp³-hybridized carbons (Fsp3) is 0.241. The van der Waals surface area contributed by atoms with Crippen molar-refractivity contribution in [1.82, 2.24) is 15.7 Å². The van der Waals surface area contributed by atoms with Gasteiger partial charge in [-0.1, -0.05) is 48.5 Å². The normalized spacial score (nSPS) is 12.4. The molecule has 0 aliphatic heterocycles. The molecule has 0 aliphatic carbocycles. The van der Waals surface area contributed by atoms with E-state index in [1.165, 1.54) is 18.0 Å². The number of alkyl carbamates (subject to hydrolysis) is 1. The minimum Gasteiger partial charge on any atom is -0.448 e. The smallest absolute Gasteiger partial charge is 0.408 e. The number of furan rings is 1. The first-order valence-corrected chi connectivity index (χ1v) is 13.1. The zero-order chi connectivity index (χ0) is 27.7. The minimum absolute atomic E-state index is 0.0733. The summed E-state index contributed by atoms with van der Waals surface area (Å²) in [5.41, 5.74) is 3.55. The van der Waals surface area contributed by atoms with Crippen LogP contribution in [-0.2, 0) is 20.9 Å². The van der Waals surface area contributed by atoms with Crippen LogP contribution in [0.3, 0.4) is 0 Å². The maximum Gasteiger partial charge on any atom is 0.408 e. The Morgan fingerprint density at radius 3 is 2.64 bits per heavy atom. The van der Waals surface area contributed by atoms with Crippen LogP contribution in [0.1, 0.15) is 32.1 Å². The van der Waals surface area contributed by atoms with Crippen LogP contribution in [0.5, 0.6) is 0 Å². The number of pyridine rings is 1. The first-order chi connectivity index (χ1) is 18.8. The molecule has 0 spiro atoms. The topological polar surface area (TPSA) is 115 Å². The Bertz CT molecular complexity index is 1430. The van der Waals surface area contributed by atoms with Gasteiger partial charge >= 0.3 is 6.09 Å². The molecule has 2 aromatic carbocycles. The van der Waals surface area contributed by atoms with Crippen molar-refractivity contribution in [3.63, 3.8) is 0 Å². The van der Waals surface area contributed by atoms with E-state index in [4.69, 9.17) is 13.9 Å². The van der Waals surface area contributed by atoms with Crippen molar-refractivity contribution in [2.24, 2.45) is 5.10 Å². The van der Waals surface area contributed by atoms with Crippen LogP contribution in [0, 0.1) is 0 Å². The summed E-state index contributed by atoms with van der Waals surface area (Å²) in [6.07, 6.45) is 2.41. The summed E-state index contributed by atoms with van der Waals surface area (Å²) >= 11 is 1.44. The van der Waals surface area contributed by atoms with E-state index in [-0.39, 0.29) is 13.2 Å². The summed E-state index contributed by atoms with van der Waals surface area (Å²) in [4.78, 5) is 30.6. The van der Waals surface area contributed by atoms with Gasteiger partial charge < -0.3 is 19.2 Å². The quantitative estimate of drug-likeness (QED) is 0.198. The maximum atomic E-state index is 12.8. The number of hydrogen-bond donors (Lipinski definition) is 2. The third-order valence-corrected chi connectivity index (χ3v) is 6.15. The second-order valence-corrected chi connectivity index (χ2v) is 10.6. The summed E-state index contributed by atoms with van der Waals surface area (Å²) in [6, 6.07) is 21.9. The van der Waals surface area contributed by atoms with E-state index in [0.717, 1.165) is 21.4 Å². The standard InChI is InChI=1S/C29H30N4O5S/c1-29(2,3)38-28(35)32-23(19-36-18-20-9-5-4-6-10-20)27(34)33-31-17-22-14-15-25(37-22)39-24-13-7-11-21-12-8-16-30-26(21)24/h4-17,23H,18-19H2,1-3H3,(H,32,35)(H,33,34)/b31-17-/t23-/m0/s1. The van der Waals surface area contributed by atoms with Crippen LogP contribution in [0.15, 0.2) is 98.5 Å². The monoisotopic (exact) mass is 546 g/mol. The van der Waals surface area contributed by atoms with E-state index in [9.17, 15) is 9.59 Å². The van der Waals surface area contributed by atoms with Gasteiger partial charge in [-0.05, 0) is 62.4 Å². The van der Waals surface area contributed by atoms with Crippen molar-refractivity contribution in [1.29, 1.82) is 0 Å². The molecule has 0 aliphatic rings. The molecule has 0 saturated carbocycles. The van der Waals surface area contributed by atoms with Crippen LogP contribution in [0.25, 0.3) is 10.9 Å². The third kappa shape index (κ3) is 8.69. The summed E-state index contributed by atoms with van der Waals surface area (Å²) < 4.78 is 16.8. The van der Waals surface area contributed by atoms with E-state index < -0.39 is 23.6 Å². The highest BCUT2D eigenvalue weighted by atomic mass is 32.2. The molecule has 0 bridgehead atoms. The second kappa shape index (κ2) is 13.1. The Hall–Kier alpha value is -4.15. The molecule has 2 N–H and O–H groups in total. The van der Waals surface area contributed by atoms with Gasteiger partial charge in [0.1, 0.15) is 17.4 Å². The molecule has 4 aromatic rings. The number of carbonyl (C=O) groups excluding carboxylic acids is 2. The Labute approximate surface area is 231 Å². The highest BCUT2D eigenvalue weighted by Crippen LogP contribution is 2.33. The van der Waals surface area contributed by atoms with Crippen molar-refractivity contribution >= 4 is 40.9 Å². The average molecular weight is 547 g/mol. The Morgan fingerprint density at radius 1 is 1.05 bits per heavy atom. The molecule has 10 heteroatoms. The molecule has 2 heterocycles. The summed E-state index contributed by atoms with van der Waals surface area (Å²) in [6.45, 7) is 5.43. The molecular formula is C29H30N4O5S. The number of para-hydroxylation sites is 1. The fourth-order valence-electron chi connectivity index (χ4n) is 3.46. The molecule has 0 fully saturated rings. The number of carbonyl (C=O) groups is 2. The number of rotatable bonds is 10. The van der Waals surface area contributed by atoms with E-state index in [0.29, 0.717) is 10.9 Å². The molecule has 4 rings (SSSR count). The number of aromatic nitrogens is 1. The number of ether oxygens (including phenoxy) is 2. The van der Waals surface area contributed by atoms with Crippen LogP contribution in [-0.4, -0.2) is 41.4 Å². The van der Waals surface area contributed by atoms with Gasteiger partial charge in [0.25, 0.3) is 5.91 Å². The van der Waals surface area contributed by atoms with Crippen molar-refractivity contribution in [2.45, 2.75) is 49.0 Å². The van der Waals surface area contributed by atoms with Crippen molar-refractivity contribution in [3.05, 3.63) is 90.3 Å². The Kier molecular flexibility index (Phi) is 9.35. The minimum atomic E-state index is -1.03. The molecular weight excluding hydrogens is 516 g/mol. The first-order valence-electron chi connectivity index (χ1n) is 12.3. The number of nitrogens with one attached hydrogen (secondary N) is 2. The molecule has 1 atom stereocenters. The number of amides is 2. The van der Waals surface area contributed by atoms with E-state index in [2.05, 4.69) is 20.8 Å². The van der Waals surface area contributed by atoms with E-state index in [1.54, 1.807) is 33.0 Å². The maximum absolute atomic E-state index is 12.8. The zero-order valence-electron chi connectivity index (χ0n) is 21.9. The molecule has 0 radical (unpaired) electrons. The van der Waals surface area contributed by atoms with Crippen molar-refractivity contribution in [3.8, 4) is 0 Å². The fourth-order valence-corrected chi connectivity index (χ4v) is 4.37. The molecule has 39 heavy (non-hydrogen) atoms. The van der Waals surface area contributed by atoms with Gasteiger partial charge in [-0.3, -0.25) is 9.78 Å². The van der Waals surface area contributed by atoms with Gasteiger partial charge in [0.15, 0.2) is 5.09 Å². The Balaban J connectivity index is 1.35. The first kappa shape index (κ1) is 27.9. The second-order valence-electron chi connectivity index (χ2n) is 9.52. The molecule has 202 valence electrons. The number of nitrogens with zero attached hydrogens (tertiary/aromatic N) is 2. The van der Waals surface area contributed by atoms with Gasteiger partial charge in [0, 0.05) is 16.5 Å². The van der Waals surface area contributed by atoms with Crippen molar-refractivity contribution in [2.75, 3.05) is 6.61 Å². The third-order valence-electron chi connectivity index (χ3n) is 5.18.